The molecule has 0 fully saturated rings. The smallest absolute Gasteiger partial charge is 0.462 e. The van der Waals surface area contributed by atoms with Crippen molar-refractivity contribution in [3.63, 3.8) is 0 Å². The number of rotatable bonds is 81. The van der Waals surface area contributed by atoms with Gasteiger partial charge in [0.15, 0.2) is 12.2 Å². The average Bonchev–Trinajstić information content (AvgIpc) is 0.944. The Morgan fingerprint density at radius 3 is 0.745 bits per heavy atom. The van der Waals surface area contributed by atoms with Crippen LogP contribution in [-0.4, -0.2) is 96.7 Å². The van der Waals surface area contributed by atoms with Gasteiger partial charge < -0.3 is 33.8 Å². The second-order valence-electron chi connectivity index (χ2n) is 31.1. The minimum absolute atomic E-state index is 0.106. The Kier molecular flexibility index (Phi) is 71.8. The molecule has 17 nitrogen and oxygen atoms in total. The average molecular weight is 1490 g/mol. The fourth-order valence-electron chi connectivity index (χ4n) is 12.8. The number of phosphoric ester groups is 2. The van der Waals surface area contributed by atoms with Gasteiger partial charge in [-0.3, -0.25) is 37.3 Å². The number of aliphatic hydroxyl groups is 1. The predicted molar refractivity (Wildman–Crippen MR) is 418 cm³/mol. The van der Waals surface area contributed by atoms with Gasteiger partial charge in [-0.25, -0.2) is 9.13 Å². The maximum atomic E-state index is 13.1. The molecule has 0 rings (SSSR count). The molecule has 0 aromatic heterocycles. The van der Waals surface area contributed by atoms with Crippen molar-refractivity contribution in [2.75, 3.05) is 39.6 Å². The van der Waals surface area contributed by atoms with Crippen molar-refractivity contribution < 1.29 is 80.2 Å². The van der Waals surface area contributed by atoms with E-state index in [0.717, 1.165) is 108 Å². The third kappa shape index (κ3) is 74.9. The highest BCUT2D eigenvalue weighted by atomic mass is 31.2. The lowest BCUT2D eigenvalue weighted by Crippen LogP contribution is -2.30. The molecule has 3 N–H and O–H groups in total. The summed E-state index contributed by atoms with van der Waals surface area (Å²) < 4.78 is 68.8. The maximum Gasteiger partial charge on any atom is 0.472 e. The van der Waals surface area contributed by atoms with Crippen LogP contribution in [0.1, 0.15) is 434 Å². The monoisotopic (exact) mass is 1490 g/mol. The van der Waals surface area contributed by atoms with E-state index >= 15 is 0 Å². The van der Waals surface area contributed by atoms with Gasteiger partial charge in [0.25, 0.3) is 0 Å². The number of unbranched alkanes of at least 4 members (excludes halogenated alkanes) is 48. The van der Waals surface area contributed by atoms with E-state index in [1.807, 2.05) is 0 Å². The third-order valence-electron chi connectivity index (χ3n) is 19.7. The number of phosphoric acid groups is 2. The van der Waals surface area contributed by atoms with E-state index in [9.17, 15) is 43.2 Å². The van der Waals surface area contributed by atoms with Crippen LogP contribution in [0.25, 0.3) is 0 Å². The summed E-state index contributed by atoms with van der Waals surface area (Å²) in [6.07, 6.45) is 62.3. The Hall–Kier alpha value is -1.94. The summed E-state index contributed by atoms with van der Waals surface area (Å²) in [6, 6.07) is 0. The first-order chi connectivity index (χ1) is 49.3. The molecule has 6 atom stereocenters. The Balaban J connectivity index is 5.27. The molecular weight excluding hydrogens is 1330 g/mol. The largest absolute Gasteiger partial charge is 0.472 e. The normalized spacial score (nSPS) is 14.2. The zero-order valence-electron chi connectivity index (χ0n) is 67.1. The van der Waals surface area contributed by atoms with Crippen LogP contribution in [0.4, 0.5) is 0 Å². The number of carbonyl (C=O) groups excluding carboxylic acids is 4. The molecule has 606 valence electrons. The predicted octanol–water partition coefficient (Wildman–Crippen LogP) is 24.9. The molecule has 0 bridgehead atoms. The summed E-state index contributed by atoms with van der Waals surface area (Å²) in [5, 5.41) is 10.7. The van der Waals surface area contributed by atoms with Gasteiger partial charge in [0, 0.05) is 25.7 Å². The minimum atomic E-state index is -4.96. The summed E-state index contributed by atoms with van der Waals surface area (Å²) in [5.74, 6) is 0.254. The van der Waals surface area contributed by atoms with E-state index in [4.69, 9.17) is 37.0 Å². The zero-order valence-corrected chi connectivity index (χ0v) is 68.9. The van der Waals surface area contributed by atoms with Crippen molar-refractivity contribution in [1.82, 2.24) is 0 Å². The zero-order chi connectivity index (χ0) is 75.1. The van der Waals surface area contributed by atoms with E-state index in [0.29, 0.717) is 25.7 Å². The molecule has 0 amide bonds. The molecule has 102 heavy (non-hydrogen) atoms. The second-order valence-corrected chi connectivity index (χ2v) is 34.0. The summed E-state index contributed by atoms with van der Waals surface area (Å²) >= 11 is 0. The topological polar surface area (TPSA) is 237 Å². The SMILES string of the molecule is CCCCCCCCCCCCCCCCCCCCC(=O)O[C@H](COC(=O)CCCCCCCCCCCCCCCCC(C)C)COP(=O)(O)OC[C@@H](O)COP(=O)(O)OC[C@@H](COC(=O)CCCCCCCCCCCCC(C)C)OC(=O)CCCCCCCCCCCCC(C)CC. The van der Waals surface area contributed by atoms with Crippen molar-refractivity contribution in [1.29, 1.82) is 0 Å². The number of ether oxygens (including phenoxy) is 4. The minimum Gasteiger partial charge on any atom is -0.462 e. The van der Waals surface area contributed by atoms with Crippen molar-refractivity contribution in [3.05, 3.63) is 0 Å². The molecule has 0 spiro atoms. The summed E-state index contributed by atoms with van der Waals surface area (Å²) in [7, 11) is -9.93. The number of aliphatic hydroxyl groups excluding tert-OH is 1. The summed E-state index contributed by atoms with van der Waals surface area (Å²) in [4.78, 5) is 73.2. The Bertz CT molecular complexity index is 1980. The highest BCUT2D eigenvalue weighted by Crippen LogP contribution is 2.45. The van der Waals surface area contributed by atoms with Crippen LogP contribution in [0.3, 0.4) is 0 Å². The molecule has 0 aromatic carbocycles. The first-order valence-corrected chi connectivity index (χ1v) is 45.9. The summed E-state index contributed by atoms with van der Waals surface area (Å²) in [6.45, 7) is 12.0. The molecule has 0 saturated heterocycles. The molecular formula is C83H162O17P2. The summed E-state index contributed by atoms with van der Waals surface area (Å²) in [5.41, 5.74) is 0. The standard InChI is InChI=1S/C83H162O17P2/c1-8-10-11-12-13-14-15-16-17-18-19-20-25-28-38-45-52-59-66-82(87)99-78(70-93-80(85)64-57-50-43-36-27-24-22-21-23-26-33-40-47-54-61-74(3)4)72-97-101(89,90)95-68-77(84)69-96-102(91,92)98-73-79(71-94-81(86)65-58-51-44-37-31-29-34-41-48-55-62-75(5)6)100-83(88)67-60-53-46-39-32-30-35-42-49-56-63-76(7)9-2/h74-79,84H,8-73H2,1-7H3,(H,89,90)(H,91,92)/t76?,77-,78-,79-/m1/s1. The van der Waals surface area contributed by atoms with E-state index in [-0.39, 0.29) is 25.7 Å². The highest BCUT2D eigenvalue weighted by molar-refractivity contribution is 7.47. The maximum absolute atomic E-state index is 13.1. The van der Waals surface area contributed by atoms with Crippen molar-refractivity contribution >= 4 is 39.5 Å². The lowest BCUT2D eigenvalue weighted by atomic mass is 9.99. The van der Waals surface area contributed by atoms with Gasteiger partial charge in [0.2, 0.25) is 0 Å². The van der Waals surface area contributed by atoms with E-state index < -0.39 is 97.5 Å². The number of hydrogen-bond acceptors (Lipinski definition) is 15. The fourth-order valence-corrected chi connectivity index (χ4v) is 14.4. The Morgan fingerprint density at radius 2 is 0.500 bits per heavy atom. The van der Waals surface area contributed by atoms with Crippen LogP contribution in [0.5, 0.6) is 0 Å². The molecule has 19 heteroatoms. The molecule has 0 aliphatic rings. The van der Waals surface area contributed by atoms with Crippen LogP contribution in [0.2, 0.25) is 0 Å². The van der Waals surface area contributed by atoms with Gasteiger partial charge in [-0.2, -0.15) is 0 Å². The van der Waals surface area contributed by atoms with E-state index in [1.165, 1.54) is 244 Å². The Morgan fingerprint density at radius 1 is 0.284 bits per heavy atom. The van der Waals surface area contributed by atoms with Gasteiger partial charge in [-0.15, -0.1) is 0 Å². The highest BCUT2D eigenvalue weighted by Gasteiger charge is 2.30. The first kappa shape index (κ1) is 100. The molecule has 0 aromatic rings. The van der Waals surface area contributed by atoms with Crippen molar-refractivity contribution in [2.45, 2.75) is 452 Å². The van der Waals surface area contributed by atoms with Crippen LogP contribution in [0, 0.1) is 17.8 Å². The van der Waals surface area contributed by atoms with Gasteiger partial charge in [0.05, 0.1) is 26.4 Å². The van der Waals surface area contributed by atoms with Gasteiger partial charge in [-0.1, -0.05) is 382 Å². The number of carbonyl (C=O) groups is 4. The third-order valence-corrected chi connectivity index (χ3v) is 21.6. The van der Waals surface area contributed by atoms with Crippen LogP contribution in [0.15, 0.2) is 0 Å². The number of hydrogen-bond donors (Lipinski definition) is 3. The van der Waals surface area contributed by atoms with Gasteiger partial charge in [0.1, 0.15) is 19.3 Å². The quantitative estimate of drug-likeness (QED) is 0.0222. The van der Waals surface area contributed by atoms with Gasteiger partial charge >= 0.3 is 39.5 Å². The molecule has 0 aliphatic heterocycles. The number of esters is 4. The fraction of sp³-hybridized carbons (Fsp3) is 0.952. The molecule has 0 heterocycles. The van der Waals surface area contributed by atoms with E-state index in [1.54, 1.807) is 0 Å². The van der Waals surface area contributed by atoms with E-state index in [2.05, 4.69) is 48.5 Å². The van der Waals surface area contributed by atoms with Crippen molar-refractivity contribution in [3.8, 4) is 0 Å². The first-order valence-electron chi connectivity index (χ1n) is 42.9. The lowest BCUT2D eigenvalue weighted by molar-refractivity contribution is -0.161. The Labute approximate surface area is 626 Å². The molecule has 0 aliphatic carbocycles. The van der Waals surface area contributed by atoms with Crippen LogP contribution >= 0.6 is 15.6 Å². The van der Waals surface area contributed by atoms with Gasteiger partial charge in [-0.05, 0) is 43.4 Å². The lowest BCUT2D eigenvalue weighted by Gasteiger charge is -2.21. The molecule has 3 unspecified atom stereocenters. The second kappa shape index (κ2) is 73.2. The van der Waals surface area contributed by atoms with Crippen LogP contribution in [-0.2, 0) is 65.4 Å². The molecule has 0 radical (unpaired) electrons. The van der Waals surface area contributed by atoms with Crippen LogP contribution < -0.4 is 0 Å². The van der Waals surface area contributed by atoms with Crippen molar-refractivity contribution in [2.24, 2.45) is 17.8 Å². The molecule has 0 saturated carbocycles.